The summed E-state index contributed by atoms with van der Waals surface area (Å²) in [5.74, 6) is 1.24. The summed E-state index contributed by atoms with van der Waals surface area (Å²) < 4.78 is 0. The normalized spacial score (nSPS) is 17.7. The number of allylic oxidation sites excluding steroid dienone is 2. The number of rotatable bonds is 2. The fourth-order valence-corrected chi connectivity index (χ4v) is 3.80. The molecule has 1 aliphatic rings. The number of aromatic hydroxyl groups is 2. The summed E-state index contributed by atoms with van der Waals surface area (Å²) in [7, 11) is 0. The van der Waals surface area contributed by atoms with Gasteiger partial charge in [-0.15, -0.1) is 0 Å². The highest BCUT2D eigenvalue weighted by Gasteiger charge is 2.22. The lowest BCUT2D eigenvalue weighted by molar-refractivity contribution is 0.469. The summed E-state index contributed by atoms with van der Waals surface area (Å²) in [6.07, 6.45) is 5.57. The lowest BCUT2D eigenvalue weighted by Gasteiger charge is -2.26. The first kappa shape index (κ1) is 16.6. The van der Waals surface area contributed by atoms with Gasteiger partial charge in [0.25, 0.3) is 0 Å². The van der Waals surface area contributed by atoms with Crippen LogP contribution in [-0.4, -0.2) is 10.2 Å². The van der Waals surface area contributed by atoms with E-state index in [-0.39, 0.29) is 0 Å². The highest BCUT2D eigenvalue weighted by molar-refractivity contribution is 5.71. The second-order valence-electron chi connectivity index (χ2n) is 7.16. The van der Waals surface area contributed by atoms with Crippen molar-refractivity contribution in [1.82, 2.24) is 0 Å². The van der Waals surface area contributed by atoms with E-state index in [0.717, 1.165) is 36.0 Å². The van der Waals surface area contributed by atoms with Gasteiger partial charge < -0.3 is 10.2 Å². The molecule has 0 fully saturated rings. The lowest BCUT2D eigenvalue weighted by atomic mass is 9.79. The Morgan fingerprint density at radius 1 is 0.792 bits per heavy atom. The fraction of sp³-hybridized carbons (Fsp3) is 0.364. The highest BCUT2D eigenvalue weighted by atomic mass is 16.3. The Labute approximate surface area is 144 Å². The standard InChI is InChI=1S/C22H26O2/c1-13-10-21(23)15(3)8-19(13)17-6-5-7-18(12-17)20-9-16(4)22(24)11-14(20)2/h6,8-11,18,23-24H,5,7,12H2,1-4H3. The summed E-state index contributed by atoms with van der Waals surface area (Å²) in [6, 6.07) is 8.00. The van der Waals surface area contributed by atoms with Crippen molar-refractivity contribution in [3.63, 3.8) is 0 Å². The fourth-order valence-electron chi connectivity index (χ4n) is 3.80. The van der Waals surface area contributed by atoms with Crippen molar-refractivity contribution in [3.05, 3.63) is 63.7 Å². The summed E-state index contributed by atoms with van der Waals surface area (Å²) in [6.45, 7) is 8.06. The van der Waals surface area contributed by atoms with Crippen molar-refractivity contribution in [2.75, 3.05) is 0 Å². The summed E-state index contributed by atoms with van der Waals surface area (Å²) >= 11 is 0. The van der Waals surface area contributed by atoms with Crippen molar-refractivity contribution in [2.24, 2.45) is 0 Å². The molecule has 3 rings (SSSR count). The van der Waals surface area contributed by atoms with E-state index in [9.17, 15) is 10.2 Å². The highest BCUT2D eigenvalue weighted by Crippen LogP contribution is 2.41. The Morgan fingerprint density at radius 2 is 1.42 bits per heavy atom. The average molecular weight is 322 g/mol. The van der Waals surface area contributed by atoms with Crippen LogP contribution in [0.2, 0.25) is 0 Å². The molecular formula is C22H26O2. The van der Waals surface area contributed by atoms with Crippen LogP contribution in [0.5, 0.6) is 11.5 Å². The van der Waals surface area contributed by atoms with Crippen molar-refractivity contribution in [3.8, 4) is 11.5 Å². The molecule has 2 heteroatoms. The quantitative estimate of drug-likeness (QED) is 0.746. The van der Waals surface area contributed by atoms with E-state index in [2.05, 4.69) is 32.1 Å². The van der Waals surface area contributed by atoms with Gasteiger partial charge in [-0.3, -0.25) is 0 Å². The van der Waals surface area contributed by atoms with Gasteiger partial charge in [0.15, 0.2) is 0 Å². The molecule has 0 heterocycles. The van der Waals surface area contributed by atoms with E-state index in [0.29, 0.717) is 17.4 Å². The van der Waals surface area contributed by atoms with Crippen LogP contribution >= 0.6 is 0 Å². The summed E-state index contributed by atoms with van der Waals surface area (Å²) in [5, 5.41) is 19.8. The number of aryl methyl sites for hydroxylation is 4. The maximum Gasteiger partial charge on any atom is 0.118 e. The molecule has 126 valence electrons. The molecule has 1 aliphatic carbocycles. The zero-order valence-corrected chi connectivity index (χ0v) is 15.0. The van der Waals surface area contributed by atoms with Gasteiger partial charge in [0, 0.05) is 0 Å². The largest absolute Gasteiger partial charge is 0.508 e. The minimum Gasteiger partial charge on any atom is -0.508 e. The van der Waals surface area contributed by atoms with E-state index < -0.39 is 0 Å². The number of hydrogen-bond donors (Lipinski definition) is 2. The number of phenols is 2. The van der Waals surface area contributed by atoms with Crippen LogP contribution in [0.25, 0.3) is 5.57 Å². The average Bonchev–Trinajstić information content (AvgIpc) is 2.54. The predicted molar refractivity (Wildman–Crippen MR) is 99.7 cm³/mol. The first-order chi connectivity index (χ1) is 11.4. The van der Waals surface area contributed by atoms with E-state index in [1.165, 1.54) is 22.3 Å². The van der Waals surface area contributed by atoms with E-state index in [4.69, 9.17) is 0 Å². The molecule has 0 saturated carbocycles. The Hall–Kier alpha value is -2.22. The third-order valence-electron chi connectivity index (χ3n) is 5.29. The van der Waals surface area contributed by atoms with Gasteiger partial charge in [-0.1, -0.05) is 12.1 Å². The van der Waals surface area contributed by atoms with Gasteiger partial charge in [-0.05, 0) is 110 Å². The van der Waals surface area contributed by atoms with Crippen LogP contribution in [0.1, 0.15) is 58.6 Å². The van der Waals surface area contributed by atoms with Crippen molar-refractivity contribution in [1.29, 1.82) is 0 Å². The van der Waals surface area contributed by atoms with Gasteiger partial charge in [0.1, 0.15) is 11.5 Å². The van der Waals surface area contributed by atoms with Gasteiger partial charge in [0.05, 0.1) is 0 Å². The third kappa shape index (κ3) is 3.06. The van der Waals surface area contributed by atoms with Crippen LogP contribution < -0.4 is 0 Å². The van der Waals surface area contributed by atoms with E-state index >= 15 is 0 Å². The van der Waals surface area contributed by atoms with Crippen molar-refractivity contribution >= 4 is 5.57 Å². The molecule has 0 bridgehead atoms. The zero-order valence-electron chi connectivity index (χ0n) is 15.0. The van der Waals surface area contributed by atoms with Crippen LogP contribution in [-0.2, 0) is 0 Å². The second kappa shape index (κ2) is 6.35. The zero-order chi connectivity index (χ0) is 17.4. The predicted octanol–water partition coefficient (Wildman–Crippen LogP) is 5.68. The van der Waals surface area contributed by atoms with Gasteiger partial charge in [0.2, 0.25) is 0 Å². The Bertz CT molecular complexity index is 815. The Kier molecular flexibility index (Phi) is 4.40. The van der Waals surface area contributed by atoms with E-state index in [1.54, 1.807) is 0 Å². The lowest BCUT2D eigenvalue weighted by Crippen LogP contribution is -2.08. The van der Waals surface area contributed by atoms with Crippen molar-refractivity contribution < 1.29 is 10.2 Å². The second-order valence-corrected chi connectivity index (χ2v) is 7.16. The summed E-state index contributed by atoms with van der Waals surface area (Å²) in [4.78, 5) is 0. The SMILES string of the molecule is Cc1cc(C2=CCCC(c3cc(C)c(O)cc3C)C2)c(C)cc1O. The maximum absolute atomic E-state index is 9.91. The van der Waals surface area contributed by atoms with Gasteiger partial charge in [-0.25, -0.2) is 0 Å². The number of phenolic OH excluding ortho intramolecular Hbond substituents is 2. The van der Waals surface area contributed by atoms with Crippen LogP contribution in [0, 0.1) is 27.7 Å². The molecule has 2 aromatic rings. The molecule has 0 radical (unpaired) electrons. The summed E-state index contributed by atoms with van der Waals surface area (Å²) in [5.41, 5.74) is 8.15. The number of hydrogen-bond acceptors (Lipinski definition) is 2. The minimum atomic E-state index is 0.370. The molecule has 2 nitrogen and oxygen atoms in total. The molecular weight excluding hydrogens is 296 g/mol. The molecule has 0 aliphatic heterocycles. The molecule has 24 heavy (non-hydrogen) atoms. The van der Waals surface area contributed by atoms with Crippen LogP contribution in [0.15, 0.2) is 30.3 Å². The molecule has 2 aromatic carbocycles. The topological polar surface area (TPSA) is 40.5 Å². The Balaban J connectivity index is 1.94. The number of benzene rings is 2. The first-order valence-corrected chi connectivity index (χ1v) is 8.66. The maximum atomic E-state index is 9.91. The smallest absolute Gasteiger partial charge is 0.118 e. The van der Waals surface area contributed by atoms with Crippen LogP contribution in [0.4, 0.5) is 0 Å². The van der Waals surface area contributed by atoms with Crippen LogP contribution in [0.3, 0.4) is 0 Å². The molecule has 0 aromatic heterocycles. The van der Waals surface area contributed by atoms with Gasteiger partial charge >= 0.3 is 0 Å². The van der Waals surface area contributed by atoms with Gasteiger partial charge in [-0.2, -0.15) is 0 Å². The molecule has 0 spiro atoms. The minimum absolute atomic E-state index is 0.370. The first-order valence-electron chi connectivity index (χ1n) is 8.66. The molecule has 2 N–H and O–H groups in total. The molecule has 1 atom stereocenters. The third-order valence-corrected chi connectivity index (χ3v) is 5.29. The molecule has 0 amide bonds. The molecule has 1 unspecified atom stereocenters. The molecule has 0 saturated heterocycles. The van der Waals surface area contributed by atoms with Crippen molar-refractivity contribution in [2.45, 2.75) is 52.9 Å². The monoisotopic (exact) mass is 322 g/mol. The van der Waals surface area contributed by atoms with E-state index in [1.807, 2.05) is 26.0 Å². The Morgan fingerprint density at radius 3 is 2.12 bits per heavy atom.